The largest absolute Gasteiger partial charge is 0.469 e. The normalized spacial score (nSPS) is 12.8. The molecule has 106 valence electrons. The number of hydrogen-bond acceptors (Lipinski definition) is 6. The van der Waals surface area contributed by atoms with Crippen LogP contribution in [-0.4, -0.2) is 52.0 Å². The van der Waals surface area contributed by atoms with E-state index in [4.69, 9.17) is 5.73 Å². The van der Waals surface area contributed by atoms with Crippen LogP contribution in [0.25, 0.3) is 0 Å². The van der Waals surface area contributed by atoms with Gasteiger partial charge in [0.25, 0.3) is 0 Å². The molecule has 7 nitrogen and oxygen atoms in total. The van der Waals surface area contributed by atoms with Gasteiger partial charge >= 0.3 is 5.97 Å². The number of ether oxygens (including phenoxy) is 1. The predicted molar refractivity (Wildman–Crippen MR) is 66.6 cm³/mol. The van der Waals surface area contributed by atoms with Crippen LogP contribution in [0.15, 0.2) is 0 Å². The van der Waals surface area contributed by atoms with Gasteiger partial charge in [0.2, 0.25) is 5.91 Å². The van der Waals surface area contributed by atoms with E-state index in [-0.39, 0.29) is 24.6 Å². The molecule has 0 aliphatic carbocycles. The summed E-state index contributed by atoms with van der Waals surface area (Å²) < 4.78 is 26.2. The predicted octanol–water partition coefficient (Wildman–Crippen LogP) is -1.18. The molecule has 1 atom stereocenters. The van der Waals surface area contributed by atoms with Gasteiger partial charge in [-0.25, -0.2) is 8.42 Å². The topological polar surface area (TPSA) is 116 Å². The second-order valence-corrected chi connectivity index (χ2v) is 6.26. The van der Waals surface area contributed by atoms with Crippen molar-refractivity contribution in [3.8, 4) is 0 Å². The van der Waals surface area contributed by atoms with Crippen LogP contribution < -0.4 is 11.1 Å². The van der Waals surface area contributed by atoms with Crippen LogP contribution in [0.2, 0.25) is 0 Å². The number of carbonyl (C=O) groups is 2. The third kappa shape index (κ3) is 8.94. The summed E-state index contributed by atoms with van der Waals surface area (Å²) in [5.74, 6) is -0.877. The number of esters is 1. The van der Waals surface area contributed by atoms with Crippen LogP contribution in [0.3, 0.4) is 0 Å². The molecule has 0 aliphatic rings. The standard InChI is InChI=1S/C10H20N2O5S/c1-17-9(13)4-3-6-12-10(14)8(11)5-7-18(2,15)16/h8H,3-7,11H2,1-2H3,(H,12,14). The fourth-order valence-electron chi connectivity index (χ4n) is 1.15. The van der Waals surface area contributed by atoms with Gasteiger partial charge in [-0.2, -0.15) is 0 Å². The lowest BCUT2D eigenvalue weighted by Gasteiger charge is -2.11. The molecule has 0 saturated heterocycles. The maximum absolute atomic E-state index is 11.4. The molecule has 0 spiro atoms. The molecule has 0 radical (unpaired) electrons. The summed E-state index contributed by atoms with van der Waals surface area (Å²) in [6.45, 7) is 0.306. The number of sulfone groups is 1. The summed E-state index contributed by atoms with van der Waals surface area (Å²) in [6.07, 6.45) is 1.85. The molecular formula is C10H20N2O5S. The highest BCUT2D eigenvalue weighted by Gasteiger charge is 2.15. The molecule has 1 unspecified atom stereocenters. The second kappa shape index (κ2) is 8.04. The van der Waals surface area contributed by atoms with Crippen LogP contribution in [0.1, 0.15) is 19.3 Å². The minimum atomic E-state index is -3.11. The van der Waals surface area contributed by atoms with Crippen molar-refractivity contribution in [1.82, 2.24) is 5.32 Å². The molecule has 1 amide bonds. The summed E-state index contributed by atoms with van der Waals surface area (Å²) in [7, 11) is -1.82. The van der Waals surface area contributed by atoms with Crippen LogP contribution in [0, 0.1) is 0 Å². The number of carbonyl (C=O) groups excluding carboxylic acids is 2. The molecule has 0 heterocycles. The van der Waals surface area contributed by atoms with Crippen molar-refractivity contribution < 1.29 is 22.7 Å². The molecule has 0 aliphatic heterocycles. The highest BCUT2D eigenvalue weighted by atomic mass is 32.2. The van der Waals surface area contributed by atoms with Gasteiger partial charge in [-0.1, -0.05) is 0 Å². The van der Waals surface area contributed by atoms with Gasteiger partial charge < -0.3 is 15.8 Å². The van der Waals surface area contributed by atoms with Gasteiger partial charge in [-0.05, 0) is 12.8 Å². The summed E-state index contributed by atoms with van der Waals surface area (Å²) in [5.41, 5.74) is 5.52. The first-order valence-corrected chi connectivity index (χ1v) is 7.60. The summed E-state index contributed by atoms with van der Waals surface area (Å²) >= 11 is 0. The van der Waals surface area contributed by atoms with Crippen molar-refractivity contribution in [3.05, 3.63) is 0 Å². The number of amides is 1. The Hall–Kier alpha value is -1.15. The Morgan fingerprint density at radius 2 is 2.00 bits per heavy atom. The molecule has 0 fully saturated rings. The lowest BCUT2D eigenvalue weighted by Crippen LogP contribution is -2.42. The zero-order chi connectivity index (χ0) is 14.2. The number of nitrogens with one attached hydrogen (secondary N) is 1. The second-order valence-electron chi connectivity index (χ2n) is 4.00. The van der Waals surface area contributed by atoms with Crippen molar-refractivity contribution in [2.75, 3.05) is 25.7 Å². The van der Waals surface area contributed by atoms with Crippen molar-refractivity contribution in [2.45, 2.75) is 25.3 Å². The Morgan fingerprint density at radius 1 is 1.39 bits per heavy atom. The third-order valence-electron chi connectivity index (χ3n) is 2.22. The number of rotatable bonds is 8. The van der Waals surface area contributed by atoms with Gasteiger partial charge in [-0.15, -0.1) is 0 Å². The molecule has 0 aromatic rings. The van der Waals surface area contributed by atoms with Crippen molar-refractivity contribution in [3.63, 3.8) is 0 Å². The van der Waals surface area contributed by atoms with Crippen LogP contribution in [-0.2, 0) is 24.2 Å². The van der Waals surface area contributed by atoms with Gasteiger partial charge in [0.15, 0.2) is 0 Å². The number of nitrogens with two attached hydrogens (primary N) is 1. The number of hydrogen-bond donors (Lipinski definition) is 2. The quantitative estimate of drug-likeness (QED) is 0.427. The highest BCUT2D eigenvalue weighted by molar-refractivity contribution is 7.90. The fraction of sp³-hybridized carbons (Fsp3) is 0.800. The molecule has 0 aromatic heterocycles. The minimum absolute atomic E-state index is 0.0850. The zero-order valence-electron chi connectivity index (χ0n) is 10.6. The molecule has 3 N–H and O–H groups in total. The van der Waals surface area contributed by atoms with Gasteiger partial charge in [0.1, 0.15) is 9.84 Å². The summed E-state index contributed by atoms with van der Waals surface area (Å²) in [5, 5.41) is 2.53. The number of methoxy groups -OCH3 is 1. The Morgan fingerprint density at radius 3 is 2.50 bits per heavy atom. The molecule has 0 saturated carbocycles. The maximum Gasteiger partial charge on any atom is 0.305 e. The van der Waals surface area contributed by atoms with Crippen LogP contribution in [0.5, 0.6) is 0 Å². The molecule has 0 rings (SSSR count). The monoisotopic (exact) mass is 280 g/mol. The lowest BCUT2D eigenvalue weighted by atomic mass is 10.2. The highest BCUT2D eigenvalue weighted by Crippen LogP contribution is 1.95. The van der Waals surface area contributed by atoms with Crippen LogP contribution >= 0.6 is 0 Å². The first-order chi connectivity index (χ1) is 8.26. The van der Waals surface area contributed by atoms with Crippen molar-refractivity contribution >= 4 is 21.7 Å². The van der Waals surface area contributed by atoms with Crippen molar-refractivity contribution in [1.29, 1.82) is 0 Å². The Balaban J connectivity index is 3.78. The van der Waals surface area contributed by atoms with Gasteiger partial charge in [-0.3, -0.25) is 9.59 Å². The van der Waals surface area contributed by atoms with E-state index in [1.165, 1.54) is 7.11 Å². The van der Waals surface area contributed by atoms with E-state index in [9.17, 15) is 18.0 Å². The van der Waals surface area contributed by atoms with E-state index in [1.54, 1.807) is 0 Å². The lowest BCUT2D eigenvalue weighted by molar-refractivity contribution is -0.140. The van der Waals surface area contributed by atoms with E-state index in [0.29, 0.717) is 13.0 Å². The smallest absolute Gasteiger partial charge is 0.305 e. The average Bonchev–Trinajstić information content (AvgIpc) is 2.29. The van der Waals surface area contributed by atoms with E-state index < -0.39 is 21.8 Å². The third-order valence-corrected chi connectivity index (χ3v) is 3.20. The molecule has 0 aromatic carbocycles. The molecule has 0 bridgehead atoms. The Kier molecular flexibility index (Phi) is 7.53. The van der Waals surface area contributed by atoms with Crippen LogP contribution in [0.4, 0.5) is 0 Å². The average molecular weight is 280 g/mol. The molecular weight excluding hydrogens is 260 g/mol. The summed E-state index contributed by atoms with van der Waals surface area (Å²) in [6, 6.07) is -0.849. The van der Waals surface area contributed by atoms with E-state index in [2.05, 4.69) is 10.1 Å². The summed E-state index contributed by atoms with van der Waals surface area (Å²) in [4.78, 5) is 22.2. The van der Waals surface area contributed by atoms with E-state index >= 15 is 0 Å². The Labute approximate surface area is 107 Å². The molecule has 18 heavy (non-hydrogen) atoms. The SMILES string of the molecule is COC(=O)CCCNC(=O)C(N)CCS(C)(=O)=O. The zero-order valence-corrected chi connectivity index (χ0v) is 11.5. The Bertz CT molecular complexity index is 380. The van der Waals surface area contributed by atoms with E-state index in [1.807, 2.05) is 0 Å². The molecule has 8 heteroatoms. The first kappa shape index (κ1) is 16.9. The van der Waals surface area contributed by atoms with E-state index in [0.717, 1.165) is 6.26 Å². The minimum Gasteiger partial charge on any atom is -0.469 e. The first-order valence-electron chi connectivity index (χ1n) is 5.54. The maximum atomic E-state index is 11.4. The van der Waals surface area contributed by atoms with Gasteiger partial charge in [0.05, 0.1) is 18.9 Å². The van der Waals surface area contributed by atoms with Gasteiger partial charge in [0, 0.05) is 19.2 Å². The van der Waals surface area contributed by atoms with Crippen molar-refractivity contribution in [2.24, 2.45) is 5.73 Å². The fourth-order valence-corrected chi connectivity index (χ4v) is 1.83.